The zero-order valence-electron chi connectivity index (χ0n) is 13.4. The smallest absolute Gasteiger partial charge is 0.119 e. The van der Waals surface area contributed by atoms with E-state index in [4.69, 9.17) is 9.84 Å². The molecule has 0 fully saturated rings. The minimum absolute atomic E-state index is 0.153. The molecule has 0 aliphatic rings. The summed E-state index contributed by atoms with van der Waals surface area (Å²) in [5.41, 5.74) is 3.27. The number of nitrogens with one attached hydrogen (secondary N) is 1. The van der Waals surface area contributed by atoms with Gasteiger partial charge in [-0.25, -0.2) is 0 Å². The SMILES string of the molecule is CCCN(C)Cc1c[nH]nc1-c1ccc(OCCCO)cc1. The number of benzene rings is 1. The molecule has 0 amide bonds. The summed E-state index contributed by atoms with van der Waals surface area (Å²) in [7, 11) is 2.12. The molecule has 0 saturated carbocycles. The van der Waals surface area contributed by atoms with Gasteiger partial charge in [-0.05, 0) is 44.3 Å². The highest BCUT2D eigenvalue weighted by molar-refractivity contribution is 5.63. The van der Waals surface area contributed by atoms with Crippen LogP contribution in [0.3, 0.4) is 0 Å². The van der Waals surface area contributed by atoms with Gasteiger partial charge >= 0.3 is 0 Å². The van der Waals surface area contributed by atoms with E-state index in [0.29, 0.717) is 13.0 Å². The highest BCUT2D eigenvalue weighted by atomic mass is 16.5. The minimum atomic E-state index is 0.153. The highest BCUT2D eigenvalue weighted by Crippen LogP contribution is 2.24. The van der Waals surface area contributed by atoms with Gasteiger partial charge in [-0.2, -0.15) is 5.10 Å². The van der Waals surface area contributed by atoms with Crippen LogP contribution in [-0.4, -0.2) is 47.0 Å². The topological polar surface area (TPSA) is 61.4 Å². The van der Waals surface area contributed by atoms with Crippen molar-refractivity contribution < 1.29 is 9.84 Å². The van der Waals surface area contributed by atoms with E-state index in [1.807, 2.05) is 30.5 Å². The Morgan fingerprint density at radius 1 is 1.27 bits per heavy atom. The van der Waals surface area contributed by atoms with Gasteiger partial charge in [0.2, 0.25) is 0 Å². The molecule has 1 aromatic heterocycles. The summed E-state index contributed by atoms with van der Waals surface area (Å²) in [5.74, 6) is 0.817. The second-order valence-corrected chi connectivity index (χ2v) is 5.45. The van der Waals surface area contributed by atoms with Gasteiger partial charge in [-0.3, -0.25) is 5.10 Å². The average Bonchev–Trinajstić information content (AvgIpc) is 2.96. The molecule has 0 spiro atoms. The molecule has 0 aliphatic heterocycles. The van der Waals surface area contributed by atoms with Crippen molar-refractivity contribution in [3.8, 4) is 17.0 Å². The standard InChI is InChI=1S/C17H25N3O2/c1-3-9-20(2)13-15-12-18-19-17(15)14-5-7-16(8-6-14)22-11-4-10-21/h5-8,12,21H,3-4,9-11,13H2,1-2H3,(H,18,19). The van der Waals surface area contributed by atoms with Crippen LogP contribution in [0.2, 0.25) is 0 Å². The van der Waals surface area contributed by atoms with Gasteiger partial charge in [-0.1, -0.05) is 6.92 Å². The maximum absolute atomic E-state index is 8.76. The molecule has 5 nitrogen and oxygen atoms in total. The Bertz CT molecular complexity index is 551. The first-order valence-corrected chi connectivity index (χ1v) is 7.80. The number of hydrogen-bond acceptors (Lipinski definition) is 4. The first-order chi connectivity index (χ1) is 10.7. The Labute approximate surface area is 131 Å². The predicted octanol–water partition coefficient (Wildman–Crippen LogP) is 2.68. The molecule has 0 radical (unpaired) electrons. The number of ether oxygens (including phenoxy) is 1. The summed E-state index contributed by atoms with van der Waals surface area (Å²) in [6, 6.07) is 7.93. The summed E-state index contributed by atoms with van der Waals surface area (Å²) in [6.07, 6.45) is 3.76. The quantitative estimate of drug-likeness (QED) is 0.699. The number of hydrogen-bond donors (Lipinski definition) is 2. The van der Waals surface area contributed by atoms with Crippen molar-refractivity contribution in [2.75, 3.05) is 26.8 Å². The van der Waals surface area contributed by atoms with E-state index < -0.39 is 0 Å². The van der Waals surface area contributed by atoms with Crippen LogP contribution in [0.15, 0.2) is 30.5 Å². The number of H-pyrrole nitrogens is 1. The van der Waals surface area contributed by atoms with Crippen LogP contribution >= 0.6 is 0 Å². The summed E-state index contributed by atoms with van der Waals surface area (Å²) in [4.78, 5) is 2.29. The molecule has 2 rings (SSSR count). The van der Waals surface area contributed by atoms with E-state index in [9.17, 15) is 0 Å². The molecule has 0 aliphatic carbocycles. The molecule has 0 bridgehead atoms. The largest absolute Gasteiger partial charge is 0.494 e. The number of rotatable bonds is 9. The van der Waals surface area contributed by atoms with E-state index in [1.165, 1.54) is 5.56 Å². The van der Waals surface area contributed by atoms with Gasteiger partial charge in [0.1, 0.15) is 5.75 Å². The van der Waals surface area contributed by atoms with Gasteiger partial charge in [0, 0.05) is 36.9 Å². The lowest BCUT2D eigenvalue weighted by Gasteiger charge is -2.15. The van der Waals surface area contributed by atoms with E-state index in [1.54, 1.807) is 0 Å². The summed E-state index contributed by atoms with van der Waals surface area (Å²) < 4.78 is 5.55. The first kappa shape index (κ1) is 16.5. The van der Waals surface area contributed by atoms with Crippen molar-refractivity contribution >= 4 is 0 Å². The second-order valence-electron chi connectivity index (χ2n) is 5.45. The number of aliphatic hydroxyl groups excluding tert-OH is 1. The van der Waals surface area contributed by atoms with Crippen molar-refractivity contribution in [2.24, 2.45) is 0 Å². The third-order valence-corrected chi connectivity index (χ3v) is 3.46. The molecular formula is C17H25N3O2. The predicted molar refractivity (Wildman–Crippen MR) is 87.8 cm³/mol. The number of nitrogens with zero attached hydrogens (tertiary/aromatic N) is 2. The molecule has 2 aromatic rings. The van der Waals surface area contributed by atoms with E-state index >= 15 is 0 Å². The van der Waals surface area contributed by atoms with Crippen LogP contribution in [0, 0.1) is 0 Å². The van der Waals surface area contributed by atoms with E-state index in [2.05, 4.69) is 29.1 Å². The Hall–Kier alpha value is -1.85. The maximum atomic E-state index is 8.76. The third-order valence-electron chi connectivity index (χ3n) is 3.46. The maximum Gasteiger partial charge on any atom is 0.119 e. The lowest BCUT2D eigenvalue weighted by Crippen LogP contribution is -2.18. The minimum Gasteiger partial charge on any atom is -0.494 e. The van der Waals surface area contributed by atoms with Crippen molar-refractivity contribution in [3.63, 3.8) is 0 Å². The zero-order chi connectivity index (χ0) is 15.8. The van der Waals surface area contributed by atoms with Gasteiger partial charge in [-0.15, -0.1) is 0 Å². The molecule has 1 heterocycles. The summed E-state index contributed by atoms with van der Waals surface area (Å²) >= 11 is 0. The lowest BCUT2D eigenvalue weighted by molar-refractivity contribution is 0.233. The number of aliphatic hydroxyl groups is 1. The van der Waals surface area contributed by atoms with Crippen molar-refractivity contribution in [1.82, 2.24) is 15.1 Å². The fourth-order valence-corrected chi connectivity index (χ4v) is 2.40. The molecule has 0 saturated heterocycles. The molecule has 0 unspecified atom stereocenters. The number of aromatic nitrogens is 2. The van der Waals surface area contributed by atoms with Crippen LogP contribution < -0.4 is 4.74 Å². The summed E-state index contributed by atoms with van der Waals surface area (Å²) in [6.45, 7) is 4.82. The fourth-order valence-electron chi connectivity index (χ4n) is 2.40. The van der Waals surface area contributed by atoms with E-state index in [0.717, 1.165) is 36.5 Å². The second kappa shape index (κ2) is 8.56. The third kappa shape index (κ3) is 4.58. The Morgan fingerprint density at radius 2 is 2.05 bits per heavy atom. The molecule has 22 heavy (non-hydrogen) atoms. The zero-order valence-corrected chi connectivity index (χ0v) is 13.4. The number of aromatic amines is 1. The Balaban J connectivity index is 2.04. The normalized spacial score (nSPS) is 11.1. The van der Waals surface area contributed by atoms with Gasteiger partial charge in [0.05, 0.1) is 12.3 Å². The van der Waals surface area contributed by atoms with Crippen molar-refractivity contribution in [2.45, 2.75) is 26.3 Å². The average molecular weight is 303 g/mol. The van der Waals surface area contributed by atoms with Crippen molar-refractivity contribution in [1.29, 1.82) is 0 Å². The van der Waals surface area contributed by atoms with Gasteiger partial charge in [0.15, 0.2) is 0 Å². The van der Waals surface area contributed by atoms with Gasteiger partial charge < -0.3 is 14.7 Å². The van der Waals surface area contributed by atoms with Gasteiger partial charge in [0.25, 0.3) is 0 Å². The molecule has 1 aromatic carbocycles. The molecule has 2 N–H and O–H groups in total. The first-order valence-electron chi connectivity index (χ1n) is 7.80. The Morgan fingerprint density at radius 3 is 2.73 bits per heavy atom. The summed E-state index contributed by atoms with van der Waals surface area (Å²) in [5, 5.41) is 16.1. The molecule has 120 valence electrons. The van der Waals surface area contributed by atoms with Crippen molar-refractivity contribution in [3.05, 3.63) is 36.0 Å². The highest BCUT2D eigenvalue weighted by Gasteiger charge is 2.10. The van der Waals surface area contributed by atoms with E-state index in [-0.39, 0.29) is 6.61 Å². The molecule has 5 heteroatoms. The Kier molecular flexibility index (Phi) is 6.43. The van der Waals surface area contributed by atoms with Crippen LogP contribution in [0.1, 0.15) is 25.3 Å². The molecular weight excluding hydrogens is 278 g/mol. The molecule has 0 atom stereocenters. The fraction of sp³-hybridized carbons (Fsp3) is 0.471. The van der Waals surface area contributed by atoms with Crippen LogP contribution in [0.4, 0.5) is 0 Å². The monoisotopic (exact) mass is 303 g/mol. The lowest BCUT2D eigenvalue weighted by atomic mass is 10.1. The van der Waals surface area contributed by atoms with Crippen LogP contribution in [0.25, 0.3) is 11.3 Å². The van der Waals surface area contributed by atoms with Crippen LogP contribution in [0.5, 0.6) is 5.75 Å². The van der Waals surface area contributed by atoms with Crippen LogP contribution in [-0.2, 0) is 6.54 Å².